The van der Waals surface area contributed by atoms with Gasteiger partial charge in [-0.3, -0.25) is 19.3 Å². The first kappa shape index (κ1) is 27.8. The van der Waals surface area contributed by atoms with Crippen LogP contribution >= 0.6 is 0 Å². The molecule has 0 N–H and O–H groups in total. The monoisotopic (exact) mass is 389 g/mol. The van der Waals surface area contributed by atoms with Crippen LogP contribution < -0.4 is 34.7 Å². The number of ether oxygens (including phenoxy) is 1. The topological polar surface area (TPSA) is 104 Å². The molecule has 0 fully saturated rings. The molecular weight excluding hydrogens is 361 g/mol. The summed E-state index contributed by atoms with van der Waals surface area (Å²) in [4.78, 5) is 48.6. The number of esters is 1. The Hall–Kier alpha value is -1.44. The Morgan fingerprint density at radius 2 is 1.41 bits per heavy atom. The predicted molar refractivity (Wildman–Crippen MR) is 94.6 cm³/mol. The normalized spacial score (nSPS) is 10.9. The molecule has 146 valence electrons. The standard InChI is InChI=1S/C19H29NO6.Na/c1-4-6-8-10-12-16(21)20(17(22)13-11-9-7-5-2)15(19(24)25)14-18(23)26-3;/h4-5,15H,1-2,6-14H2,3H3,(H,24,25);/q;+1/p-1. The van der Waals surface area contributed by atoms with E-state index >= 15 is 0 Å². The summed E-state index contributed by atoms with van der Waals surface area (Å²) >= 11 is 0. The number of carbonyl (C=O) groups excluding carboxylic acids is 4. The van der Waals surface area contributed by atoms with Gasteiger partial charge in [-0.1, -0.05) is 12.2 Å². The summed E-state index contributed by atoms with van der Waals surface area (Å²) in [5, 5.41) is 11.5. The van der Waals surface area contributed by atoms with E-state index in [2.05, 4.69) is 17.9 Å². The molecule has 7 nitrogen and oxygen atoms in total. The third kappa shape index (κ3) is 11.8. The summed E-state index contributed by atoms with van der Waals surface area (Å²) in [7, 11) is 1.10. The van der Waals surface area contributed by atoms with E-state index in [9.17, 15) is 24.3 Å². The fourth-order valence-electron chi connectivity index (χ4n) is 2.38. The number of nitrogens with zero attached hydrogens (tertiary/aromatic N) is 1. The Morgan fingerprint density at radius 1 is 0.963 bits per heavy atom. The first-order valence-corrected chi connectivity index (χ1v) is 8.73. The van der Waals surface area contributed by atoms with E-state index in [1.807, 2.05) is 0 Å². The number of rotatable bonds is 14. The summed E-state index contributed by atoms with van der Waals surface area (Å²) < 4.78 is 4.47. The molecule has 1 atom stereocenters. The van der Waals surface area contributed by atoms with Crippen LogP contribution in [0.2, 0.25) is 0 Å². The van der Waals surface area contributed by atoms with Gasteiger partial charge < -0.3 is 14.6 Å². The van der Waals surface area contributed by atoms with Crippen molar-refractivity contribution in [1.29, 1.82) is 0 Å². The molecule has 0 aliphatic heterocycles. The van der Waals surface area contributed by atoms with Crippen molar-refractivity contribution in [3.8, 4) is 0 Å². The molecule has 0 aliphatic rings. The molecule has 0 aliphatic carbocycles. The molecule has 0 bridgehead atoms. The molecule has 0 aromatic heterocycles. The number of carboxylic acid groups (broad SMARTS) is 1. The van der Waals surface area contributed by atoms with Crippen molar-refractivity contribution >= 4 is 23.8 Å². The van der Waals surface area contributed by atoms with Crippen LogP contribution in [-0.4, -0.2) is 41.8 Å². The molecule has 0 saturated heterocycles. The van der Waals surface area contributed by atoms with Gasteiger partial charge in [0.05, 0.1) is 25.5 Å². The van der Waals surface area contributed by atoms with Crippen molar-refractivity contribution in [3.63, 3.8) is 0 Å². The number of hydrogen-bond donors (Lipinski definition) is 0. The third-order valence-corrected chi connectivity index (χ3v) is 3.81. The van der Waals surface area contributed by atoms with Crippen molar-refractivity contribution < 1.29 is 58.6 Å². The van der Waals surface area contributed by atoms with Gasteiger partial charge in [-0.2, -0.15) is 0 Å². The van der Waals surface area contributed by atoms with Crippen LogP contribution in [0.15, 0.2) is 25.3 Å². The second-order valence-electron chi connectivity index (χ2n) is 5.84. The molecule has 0 spiro atoms. The van der Waals surface area contributed by atoms with E-state index in [-0.39, 0.29) is 42.4 Å². The average Bonchev–Trinajstić information content (AvgIpc) is 2.61. The molecular formula is C19H28NNaO6. The summed E-state index contributed by atoms with van der Waals surface area (Å²) in [6, 6.07) is -1.67. The van der Waals surface area contributed by atoms with Crippen LogP contribution in [0.5, 0.6) is 0 Å². The van der Waals surface area contributed by atoms with Gasteiger partial charge in [-0.15, -0.1) is 13.2 Å². The molecule has 8 heteroatoms. The number of allylic oxidation sites excluding steroid dienone is 2. The van der Waals surface area contributed by atoms with Crippen molar-refractivity contribution in [2.24, 2.45) is 0 Å². The van der Waals surface area contributed by atoms with E-state index in [1.165, 1.54) is 0 Å². The second kappa shape index (κ2) is 16.7. The number of imide groups is 1. The molecule has 0 aromatic carbocycles. The SMILES string of the molecule is C=CCCCCC(=O)N(C(=O)CCCCC=C)C(CC(=O)OC)C(=O)[O-].[Na+]. The average molecular weight is 389 g/mol. The van der Waals surface area contributed by atoms with Crippen molar-refractivity contribution in [1.82, 2.24) is 4.90 Å². The Bertz CT molecular complexity index is 492. The number of hydrogen-bond acceptors (Lipinski definition) is 6. The third-order valence-electron chi connectivity index (χ3n) is 3.81. The van der Waals surface area contributed by atoms with E-state index in [0.29, 0.717) is 30.6 Å². The first-order valence-electron chi connectivity index (χ1n) is 8.73. The van der Waals surface area contributed by atoms with Gasteiger partial charge in [0.25, 0.3) is 0 Å². The maximum Gasteiger partial charge on any atom is 1.00 e. The maximum atomic E-state index is 12.5. The minimum atomic E-state index is -1.67. The number of aliphatic carboxylic acids is 1. The van der Waals surface area contributed by atoms with Crippen molar-refractivity contribution in [3.05, 3.63) is 25.3 Å². The zero-order valence-corrected chi connectivity index (χ0v) is 18.4. The zero-order valence-electron chi connectivity index (χ0n) is 16.4. The van der Waals surface area contributed by atoms with Gasteiger partial charge >= 0.3 is 35.5 Å². The minimum Gasteiger partial charge on any atom is -0.548 e. The van der Waals surface area contributed by atoms with Gasteiger partial charge in [-0.25, -0.2) is 0 Å². The molecule has 2 amide bonds. The van der Waals surface area contributed by atoms with Gasteiger partial charge in [0.2, 0.25) is 11.8 Å². The second-order valence-corrected chi connectivity index (χ2v) is 5.84. The minimum absolute atomic E-state index is 0. The van der Waals surface area contributed by atoms with E-state index < -0.39 is 36.2 Å². The summed E-state index contributed by atoms with van der Waals surface area (Å²) in [5.74, 6) is -3.74. The first-order chi connectivity index (χ1) is 12.4. The number of carbonyl (C=O) groups is 4. The zero-order chi connectivity index (χ0) is 19.9. The van der Waals surface area contributed by atoms with Crippen LogP contribution in [0.3, 0.4) is 0 Å². The summed E-state index contributed by atoms with van der Waals surface area (Å²) in [6.45, 7) is 7.18. The van der Waals surface area contributed by atoms with Crippen molar-refractivity contribution in [2.45, 2.75) is 63.8 Å². The summed E-state index contributed by atoms with van der Waals surface area (Å²) in [5.41, 5.74) is 0. The van der Waals surface area contributed by atoms with Gasteiger partial charge in [0.1, 0.15) is 0 Å². The largest absolute Gasteiger partial charge is 1.00 e. The fraction of sp³-hybridized carbons (Fsp3) is 0.579. The van der Waals surface area contributed by atoms with Crippen molar-refractivity contribution in [2.75, 3.05) is 7.11 Å². The fourth-order valence-corrected chi connectivity index (χ4v) is 2.38. The number of unbranched alkanes of at least 4 members (excludes halogenated alkanes) is 4. The van der Waals surface area contributed by atoms with Crippen LogP contribution in [0.4, 0.5) is 0 Å². The van der Waals surface area contributed by atoms with E-state index in [0.717, 1.165) is 20.0 Å². The Kier molecular flexibility index (Phi) is 17.2. The predicted octanol–water partition coefficient (Wildman–Crippen LogP) is -1.48. The Balaban J connectivity index is 0. The van der Waals surface area contributed by atoms with E-state index in [1.54, 1.807) is 12.2 Å². The molecule has 27 heavy (non-hydrogen) atoms. The van der Waals surface area contributed by atoms with Gasteiger partial charge in [0.15, 0.2) is 0 Å². The number of amides is 2. The van der Waals surface area contributed by atoms with Crippen LogP contribution in [0.1, 0.15) is 57.8 Å². The number of methoxy groups -OCH3 is 1. The van der Waals surface area contributed by atoms with E-state index in [4.69, 9.17) is 0 Å². The molecule has 0 rings (SSSR count). The maximum absolute atomic E-state index is 12.5. The molecule has 0 radical (unpaired) electrons. The van der Waals surface area contributed by atoms with Gasteiger partial charge in [-0.05, 0) is 38.5 Å². The quantitative estimate of drug-likeness (QED) is 0.155. The van der Waals surface area contributed by atoms with Crippen LogP contribution in [0, 0.1) is 0 Å². The molecule has 0 heterocycles. The number of carboxylic acids is 1. The van der Waals surface area contributed by atoms with Crippen LogP contribution in [0.25, 0.3) is 0 Å². The molecule has 0 saturated carbocycles. The molecule has 0 aromatic rings. The van der Waals surface area contributed by atoms with Crippen LogP contribution in [-0.2, 0) is 23.9 Å². The molecule has 1 unspecified atom stereocenters. The smallest absolute Gasteiger partial charge is 0.548 e. The Morgan fingerprint density at radius 3 is 1.74 bits per heavy atom. The Labute approximate surface area is 183 Å². The van der Waals surface area contributed by atoms with Gasteiger partial charge in [0, 0.05) is 12.8 Å². The summed E-state index contributed by atoms with van der Waals surface area (Å²) in [6.07, 6.45) is 6.63.